The third kappa shape index (κ3) is 3.01. The van der Waals surface area contributed by atoms with Gasteiger partial charge in [0.25, 0.3) is 0 Å². The molecule has 0 spiro atoms. The Bertz CT molecular complexity index is 665. The lowest BCUT2D eigenvalue weighted by atomic mass is 9.85. The van der Waals surface area contributed by atoms with Crippen LogP contribution in [0.2, 0.25) is 0 Å². The third-order valence-corrected chi connectivity index (χ3v) is 4.69. The summed E-state index contributed by atoms with van der Waals surface area (Å²) in [5.41, 5.74) is 2.47. The number of sulfone groups is 1. The first-order chi connectivity index (χ1) is 9.30. The topological polar surface area (TPSA) is 34.1 Å². The molecule has 0 atom stereocenters. The highest BCUT2D eigenvalue weighted by atomic mass is 32.2. The van der Waals surface area contributed by atoms with E-state index in [-0.39, 0.29) is 16.6 Å². The van der Waals surface area contributed by atoms with Gasteiger partial charge in [-0.2, -0.15) is 0 Å². The van der Waals surface area contributed by atoms with Crippen molar-refractivity contribution in [2.75, 3.05) is 6.26 Å². The van der Waals surface area contributed by atoms with Gasteiger partial charge in [-0.3, -0.25) is 0 Å². The first-order valence-corrected chi connectivity index (χ1v) is 8.59. The number of hydrogen-bond donors (Lipinski definition) is 0. The van der Waals surface area contributed by atoms with Gasteiger partial charge in [-0.05, 0) is 42.5 Å². The average molecular weight is 294 g/mol. The molecule has 1 aromatic carbocycles. The third-order valence-electron chi connectivity index (χ3n) is 3.57. The molecule has 4 heteroatoms. The Labute approximate surface area is 119 Å². The van der Waals surface area contributed by atoms with E-state index in [1.165, 1.54) is 18.4 Å². The van der Waals surface area contributed by atoms with Gasteiger partial charge < -0.3 is 0 Å². The molecule has 1 aliphatic carbocycles. The Morgan fingerprint density at radius 1 is 1.15 bits per heavy atom. The van der Waals surface area contributed by atoms with Gasteiger partial charge >= 0.3 is 0 Å². The molecule has 0 aliphatic heterocycles. The minimum absolute atomic E-state index is 0.202. The zero-order valence-corrected chi connectivity index (χ0v) is 12.8. The summed E-state index contributed by atoms with van der Waals surface area (Å²) in [6, 6.07) is 6.45. The number of allylic oxidation sites excluding steroid dienone is 4. The van der Waals surface area contributed by atoms with Crippen LogP contribution in [0.4, 0.5) is 4.39 Å². The molecule has 108 valence electrons. The molecular formula is C16H19FO2S. The van der Waals surface area contributed by atoms with Gasteiger partial charge in [0.2, 0.25) is 0 Å². The summed E-state index contributed by atoms with van der Waals surface area (Å²) in [6.07, 6.45) is 4.35. The molecule has 0 saturated carbocycles. The Morgan fingerprint density at radius 3 is 2.25 bits per heavy atom. The normalized spacial score (nSPS) is 16.6. The summed E-state index contributed by atoms with van der Waals surface area (Å²) < 4.78 is 37.1. The molecular weight excluding hydrogens is 275 g/mol. The maximum Gasteiger partial charge on any atom is 0.175 e. The molecule has 0 radical (unpaired) electrons. The Hall–Kier alpha value is -1.42. The van der Waals surface area contributed by atoms with E-state index in [2.05, 4.69) is 13.8 Å². The summed E-state index contributed by atoms with van der Waals surface area (Å²) in [6.45, 7) is 4.11. The molecule has 1 aromatic rings. The van der Waals surface area contributed by atoms with Crippen LogP contribution in [0.25, 0.3) is 5.57 Å². The minimum atomic E-state index is -3.22. The Balaban J connectivity index is 2.51. The molecule has 2 rings (SSSR count). The van der Waals surface area contributed by atoms with E-state index < -0.39 is 9.84 Å². The van der Waals surface area contributed by atoms with E-state index in [0.29, 0.717) is 5.57 Å². The van der Waals surface area contributed by atoms with Crippen molar-refractivity contribution in [2.45, 2.75) is 31.6 Å². The second-order valence-electron chi connectivity index (χ2n) is 5.44. The van der Waals surface area contributed by atoms with Crippen LogP contribution in [-0.2, 0) is 9.84 Å². The summed E-state index contributed by atoms with van der Waals surface area (Å²) in [5.74, 6) is 0.0751. The number of rotatable bonds is 3. The van der Waals surface area contributed by atoms with Crippen LogP contribution in [0.5, 0.6) is 0 Å². The van der Waals surface area contributed by atoms with Gasteiger partial charge in [-0.1, -0.05) is 31.6 Å². The lowest BCUT2D eigenvalue weighted by molar-refractivity contribution is 0.602. The standard InChI is InChI=1S/C16H19FO2S/c1-11(2)14-5-4-6-15(17)16(14)12-7-9-13(10-8-12)20(3,18)19/h6-11H,4-5H2,1-3H3. The summed E-state index contributed by atoms with van der Waals surface area (Å²) >= 11 is 0. The predicted octanol–water partition coefficient (Wildman–Crippen LogP) is 4.15. The fourth-order valence-electron chi connectivity index (χ4n) is 2.50. The van der Waals surface area contributed by atoms with Gasteiger partial charge in [-0.25, -0.2) is 12.8 Å². The van der Waals surface area contributed by atoms with E-state index in [1.54, 1.807) is 18.2 Å². The molecule has 20 heavy (non-hydrogen) atoms. The monoisotopic (exact) mass is 294 g/mol. The lowest BCUT2D eigenvalue weighted by Gasteiger charge is -2.21. The van der Waals surface area contributed by atoms with Crippen LogP contribution in [0.15, 0.2) is 46.6 Å². The van der Waals surface area contributed by atoms with Crippen LogP contribution in [-0.4, -0.2) is 14.7 Å². The maximum absolute atomic E-state index is 14.2. The molecule has 1 aliphatic rings. The Morgan fingerprint density at radius 2 is 1.75 bits per heavy atom. The highest BCUT2D eigenvalue weighted by Gasteiger charge is 2.20. The van der Waals surface area contributed by atoms with Crippen LogP contribution in [0, 0.1) is 5.92 Å². The number of hydrogen-bond acceptors (Lipinski definition) is 2. The smallest absolute Gasteiger partial charge is 0.175 e. The number of benzene rings is 1. The first kappa shape index (κ1) is 15.0. The van der Waals surface area contributed by atoms with Crippen LogP contribution >= 0.6 is 0 Å². The van der Waals surface area contributed by atoms with Crippen LogP contribution in [0.1, 0.15) is 32.3 Å². The molecule has 0 aromatic heterocycles. The zero-order valence-electron chi connectivity index (χ0n) is 12.0. The van der Waals surface area contributed by atoms with E-state index in [9.17, 15) is 12.8 Å². The summed E-state index contributed by atoms with van der Waals surface area (Å²) in [7, 11) is -3.22. The van der Waals surface area contributed by atoms with Crippen molar-refractivity contribution in [2.24, 2.45) is 5.92 Å². The van der Waals surface area contributed by atoms with Crippen LogP contribution in [0.3, 0.4) is 0 Å². The highest BCUT2D eigenvalue weighted by molar-refractivity contribution is 7.90. The zero-order chi connectivity index (χ0) is 14.9. The van der Waals surface area contributed by atoms with Crippen molar-refractivity contribution in [3.05, 3.63) is 47.3 Å². The van der Waals surface area contributed by atoms with E-state index >= 15 is 0 Å². The summed E-state index contributed by atoms with van der Waals surface area (Å²) in [4.78, 5) is 0.258. The van der Waals surface area contributed by atoms with Crippen molar-refractivity contribution < 1.29 is 12.8 Å². The first-order valence-electron chi connectivity index (χ1n) is 6.70. The van der Waals surface area contributed by atoms with Gasteiger partial charge in [0.1, 0.15) is 5.83 Å². The second kappa shape index (κ2) is 5.52. The number of halogens is 1. The lowest BCUT2D eigenvalue weighted by Crippen LogP contribution is -2.05. The van der Waals surface area contributed by atoms with Crippen molar-refractivity contribution >= 4 is 15.4 Å². The maximum atomic E-state index is 14.2. The molecule has 0 bridgehead atoms. The largest absolute Gasteiger partial charge is 0.224 e. The molecule has 0 saturated heterocycles. The molecule has 0 fully saturated rings. The predicted molar refractivity (Wildman–Crippen MR) is 79.7 cm³/mol. The SMILES string of the molecule is CC(C)C1=C(c2ccc(S(C)(=O)=O)cc2)C(F)=CCC1. The Kier molecular flexibility index (Phi) is 4.14. The average Bonchev–Trinajstić information content (AvgIpc) is 2.37. The van der Waals surface area contributed by atoms with Gasteiger partial charge in [0.15, 0.2) is 9.84 Å². The van der Waals surface area contributed by atoms with Gasteiger partial charge in [-0.15, -0.1) is 0 Å². The van der Waals surface area contributed by atoms with Crippen molar-refractivity contribution in [1.82, 2.24) is 0 Å². The fourth-order valence-corrected chi connectivity index (χ4v) is 3.13. The fraction of sp³-hybridized carbons (Fsp3) is 0.375. The molecule has 2 nitrogen and oxygen atoms in total. The van der Waals surface area contributed by atoms with Gasteiger partial charge in [0, 0.05) is 11.8 Å². The molecule has 0 heterocycles. The van der Waals surface area contributed by atoms with E-state index in [4.69, 9.17) is 0 Å². The van der Waals surface area contributed by atoms with Crippen molar-refractivity contribution in [3.63, 3.8) is 0 Å². The minimum Gasteiger partial charge on any atom is -0.224 e. The van der Waals surface area contributed by atoms with Gasteiger partial charge in [0.05, 0.1) is 4.90 Å². The molecule has 0 amide bonds. The quantitative estimate of drug-likeness (QED) is 0.839. The van der Waals surface area contributed by atoms with E-state index in [0.717, 1.165) is 24.0 Å². The second-order valence-corrected chi connectivity index (χ2v) is 7.46. The van der Waals surface area contributed by atoms with Crippen LogP contribution < -0.4 is 0 Å². The van der Waals surface area contributed by atoms with Crippen molar-refractivity contribution in [1.29, 1.82) is 0 Å². The molecule has 0 unspecified atom stereocenters. The van der Waals surface area contributed by atoms with E-state index in [1.807, 2.05) is 0 Å². The summed E-state index contributed by atoms with van der Waals surface area (Å²) in [5, 5.41) is 0. The van der Waals surface area contributed by atoms with Crippen molar-refractivity contribution in [3.8, 4) is 0 Å². The highest BCUT2D eigenvalue weighted by Crippen LogP contribution is 2.37. The molecule has 0 N–H and O–H groups in total.